The first-order valence-corrected chi connectivity index (χ1v) is 11.0. The Hall–Kier alpha value is -2.22. The molecule has 1 N–H and O–H groups in total. The first-order valence-electron chi connectivity index (χ1n) is 10.2. The second-order valence-electron chi connectivity index (χ2n) is 7.94. The van der Waals surface area contributed by atoms with Crippen LogP contribution in [0.2, 0.25) is 10.0 Å². The van der Waals surface area contributed by atoms with Crippen LogP contribution < -0.4 is 10.2 Å². The van der Waals surface area contributed by atoms with Crippen LogP contribution in [0.4, 0.5) is 5.69 Å². The molecule has 1 aromatic carbocycles. The summed E-state index contributed by atoms with van der Waals surface area (Å²) in [5, 5.41) is 17.6. The monoisotopic (exact) mass is 444 g/mol. The number of nitrogens with zero attached hydrogens (tertiary/aromatic N) is 5. The smallest absolute Gasteiger partial charge is 0.278 e. The lowest BCUT2D eigenvalue weighted by molar-refractivity contribution is 0.333. The molecule has 0 radical (unpaired) electrons. The zero-order valence-electron chi connectivity index (χ0n) is 16.6. The number of rotatable bonds is 5. The van der Waals surface area contributed by atoms with Gasteiger partial charge in [-0.05, 0) is 68.6 Å². The van der Waals surface area contributed by atoms with Crippen LogP contribution in [0.5, 0.6) is 0 Å². The van der Waals surface area contributed by atoms with E-state index < -0.39 is 0 Å². The van der Waals surface area contributed by atoms with Gasteiger partial charge in [-0.25, -0.2) is 0 Å². The van der Waals surface area contributed by atoms with Crippen molar-refractivity contribution in [2.75, 3.05) is 24.5 Å². The van der Waals surface area contributed by atoms with Gasteiger partial charge in [0.1, 0.15) is 0 Å². The zero-order valence-corrected chi connectivity index (χ0v) is 18.1. The van der Waals surface area contributed by atoms with E-state index in [0.717, 1.165) is 55.8 Å². The number of halogens is 2. The molecule has 156 valence electrons. The van der Waals surface area contributed by atoms with Gasteiger partial charge in [-0.3, -0.25) is 0 Å². The standard InChI is InChI=1S/C21H22Cl2N6O/c1-12(15-8-14(22)4-5-16(15)23)29-6-2-3-17-19(29)9-18(27-26-17)21-25-20(28-30-21)7-13-10-24-11-13/h4-5,8-9,12-13,24H,2-3,6-7,10-11H2,1H3. The van der Waals surface area contributed by atoms with Crippen molar-refractivity contribution in [3.05, 3.63) is 51.4 Å². The van der Waals surface area contributed by atoms with Gasteiger partial charge < -0.3 is 14.7 Å². The van der Waals surface area contributed by atoms with E-state index in [2.05, 4.69) is 37.5 Å². The minimum Gasteiger partial charge on any atom is -0.363 e. The molecule has 9 heteroatoms. The largest absolute Gasteiger partial charge is 0.363 e. The third-order valence-electron chi connectivity index (χ3n) is 5.87. The molecule has 1 saturated heterocycles. The van der Waals surface area contributed by atoms with Gasteiger partial charge in [0.2, 0.25) is 0 Å². The summed E-state index contributed by atoms with van der Waals surface area (Å²) in [5.41, 5.74) is 3.58. The first kappa shape index (κ1) is 19.7. The van der Waals surface area contributed by atoms with Gasteiger partial charge in [-0.1, -0.05) is 28.4 Å². The highest BCUT2D eigenvalue weighted by Crippen LogP contribution is 2.37. The Bertz CT molecular complexity index is 1070. The molecule has 30 heavy (non-hydrogen) atoms. The van der Waals surface area contributed by atoms with E-state index in [9.17, 15) is 0 Å². The summed E-state index contributed by atoms with van der Waals surface area (Å²) in [6.07, 6.45) is 2.70. The van der Waals surface area contributed by atoms with Crippen LogP contribution in [0.25, 0.3) is 11.6 Å². The Morgan fingerprint density at radius 3 is 2.90 bits per heavy atom. The molecule has 1 fully saturated rings. The SMILES string of the molecule is CC(c1cc(Cl)ccc1Cl)N1CCCc2nnc(-c3nc(CC4CNC4)no3)cc21. The van der Waals surface area contributed by atoms with Crippen molar-refractivity contribution in [3.63, 3.8) is 0 Å². The van der Waals surface area contributed by atoms with Crippen LogP contribution in [-0.4, -0.2) is 40.0 Å². The minimum atomic E-state index is 0.0386. The summed E-state index contributed by atoms with van der Waals surface area (Å²) in [6.45, 7) is 5.03. The molecule has 7 nitrogen and oxygen atoms in total. The molecule has 2 aromatic heterocycles. The molecule has 0 amide bonds. The second kappa shape index (κ2) is 8.13. The average molecular weight is 445 g/mol. The Morgan fingerprint density at radius 1 is 1.23 bits per heavy atom. The first-order chi connectivity index (χ1) is 14.6. The highest BCUT2D eigenvalue weighted by Gasteiger charge is 2.27. The zero-order chi connectivity index (χ0) is 20.7. The molecule has 0 bridgehead atoms. The van der Waals surface area contributed by atoms with Crippen LogP contribution in [-0.2, 0) is 12.8 Å². The van der Waals surface area contributed by atoms with Gasteiger partial charge in [-0.15, -0.1) is 5.10 Å². The molecule has 2 aliphatic rings. The molecule has 4 heterocycles. The van der Waals surface area contributed by atoms with E-state index >= 15 is 0 Å². The van der Waals surface area contributed by atoms with E-state index in [1.54, 1.807) is 6.07 Å². The number of nitrogens with one attached hydrogen (secondary N) is 1. The van der Waals surface area contributed by atoms with Gasteiger partial charge in [0, 0.05) is 23.0 Å². The predicted octanol–water partition coefficient (Wildman–Crippen LogP) is 4.11. The Balaban J connectivity index is 1.45. The van der Waals surface area contributed by atoms with Gasteiger partial charge in [-0.2, -0.15) is 10.1 Å². The van der Waals surface area contributed by atoms with E-state index in [1.807, 2.05) is 18.2 Å². The van der Waals surface area contributed by atoms with Crippen LogP contribution in [0.1, 0.15) is 36.5 Å². The lowest BCUT2D eigenvalue weighted by Gasteiger charge is -2.36. The molecule has 1 atom stereocenters. The topological polar surface area (TPSA) is 80.0 Å². The van der Waals surface area contributed by atoms with Crippen molar-refractivity contribution >= 4 is 28.9 Å². The Kier molecular flexibility index (Phi) is 5.35. The minimum absolute atomic E-state index is 0.0386. The summed E-state index contributed by atoms with van der Waals surface area (Å²) >= 11 is 12.7. The van der Waals surface area contributed by atoms with Crippen molar-refractivity contribution in [2.24, 2.45) is 5.92 Å². The van der Waals surface area contributed by atoms with Crippen LogP contribution in [0.3, 0.4) is 0 Å². The number of aryl methyl sites for hydroxylation is 1. The fourth-order valence-electron chi connectivity index (χ4n) is 4.07. The number of hydrogen-bond donors (Lipinski definition) is 1. The highest BCUT2D eigenvalue weighted by molar-refractivity contribution is 6.33. The molecule has 0 saturated carbocycles. The molecular weight excluding hydrogens is 423 g/mol. The van der Waals surface area contributed by atoms with E-state index in [4.69, 9.17) is 27.7 Å². The van der Waals surface area contributed by atoms with Gasteiger partial charge in [0.25, 0.3) is 5.89 Å². The lowest BCUT2D eigenvalue weighted by Crippen LogP contribution is -2.43. The molecule has 1 unspecified atom stereocenters. The van der Waals surface area contributed by atoms with Crippen molar-refractivity contribution in [2.45, 2.75) is 32.2 Å². The van der Waals surface area contributed by atoms with Crippen molar-refractivity contribution in [1.82, 2.24) is 25.7 Å². The molecule has 2 aliphatic heterocycles. The van der Waals surface area contributed by atoms with Crippen molar-refractivity contribution in [3.8, 4) is 11.6 Å². The molecule has 0 spiro atoms. The van der Waals surface area contributed by atoms with Crippen LogP contribution in [0.15, 0.2) is 28.8 Å². The van der Waals surface area contributed by atoms with Crippen molar-refractivity contribution in [1.29, 1.82) is 0 Å². The lowest BCUT2D eigenvalue weighted by atomic mass is 9.99. The highest BCUT2D eigenvalue weighted by atomic mass is 35.5. The number of hydrogen-bond acceptors (Lipinski definition) is 7. The van der Waals surface area contributed by atoms with E-state index in [0.29, 0.717) is 33.4 Å². The van der Waals surface area contributed by atoms with E-state index in [-0.39, 0.29) is 6.04 Å². The molecular formula is C21H22Cl2N6O. The Labute approximate surface area is 184 Å². The fourth-order valence-corrected chi connectivity index (χ4v) is 4.53. The second-order valence-corrected chi connectivity index (χ2v) is 8.79. The summed E-state index contributed by atoms with van der Waals surface area (Å²) in [5.74, 6) is 1.70. The number of fused-ring (bicyclic) bond motifs is 1. The summed E-state index contributed by atoms with van der Waals surface area (Å²) < 4.78 is 5.49. The number of benzene rings is 1. The quantitative estimate of drug-likeness (QED) is 0.633. The van der Waals surface area contributed by atoms with Gasteiger partial charge >= 0.3 is 0 Å². The number of aromatic nitrogens is 4. The van der Waals surface area contributed by atoms with Crippen molar-refractivity contribution < 1.29 is 4.52 Å². The summed E-state index contributed by atoms with van der Waals surface area (Å²) in [6, 6.07) is 7.61. The van der Waals surface area contributed by atoms with Crippen LogP contribution >= 0.6 is 23.2 Å². The molecule has 0 aliphatic carbocycles. The van der Waals surface area contributed by atoms with E-state index in [1.165, 1.54) is 0 Å². The maximum absolute atomic E-state index is 6.47. The molecule has 5 rings (SSSR count). The molecule has 3 aromatic rings. The predicted molar refractivity (Wildman–Crippen MR) is 116 cm³/mol. The Morgan fingerprint density at radius 2 is 2.10 bits per heavy atom. The summed E-state index contributed by atoms with van der Waals surface area (Å²) in [7, 11) is 0. The van der Waals surface area contributed by atoms with Gasteiger partial charge in [0.15, 0.2) is 11.5 Å². The summed E-state index contributed by atoms with van der Waals surface area (Å²) in [4.78, 5) is 6.84. The maximum atomic E-state index is 6.47. The third-order valence-corrected chi connectivity index (χ3v) is 6.45. The average Bonchev–Trinajstić information content (AvgIpc) is 3.20. The fraction of sp³-hybridized carbons (Fsp3) is 0.429. The van der Waals surface area contributed by atoms with Gasteiger partial charge in [0.05, 0.1) is 17.4 Å². The number of anilines is 1. The maximum Gasteiger partial charge on any atom is 0.278 e. The third kappa shape index (κ3) is 3.77. The normalized spacial score (nSPS) is 17.5. The van der Waals surface area contributed by atoms with Crippen LogP contribution in [0, 0.1) is 5.92 Å².